The fourth-order valence-corrected chi connectivity index (χ4v) is 4.86. The lowest BCUT2D eigenvalue weighted by atomic mass is 10.1. The summed E-state index contributed by atoms with van der Waals surface area (Å²) in [6.07, 6.45) is 1.51. The number of amides is 2. The van der Waals surface area contributed by atoms with Gasteiger partial charge >= 0.3 is 0 Å². The molecule has 0 fully saturated rings. The number of aryl methyl sites for hydroxylation is 2. The molecule has 0 aliphatic carbocycles. The SMILES string of the molecule is CC[C@H](C(=O)NCC(C)C)N(Cc1ccccc1)C(=O)CN(c1c(C)cccc1C)S(C)(=O)=O. The van der Waals surface area contributed by atoms with Crippen molar-refractivity contribution >= 4 is 27.5 Å². The normalized spacial score (nSPS) is 12.3. The maximum atomic E-state index is 13.7. The smallest absolute Gasteiger partial charge is 0.244 e. The van der Waals surface area contributed by atoms with E-state index < -0.39 is 22.0 Å². The topological polar surface area (TPSA) is 86.8 Å². The number of rotatable bonds is 11. The van der Waals surface area contributed by atoms with Crippen LogP contribution in [0.3, 0.4) is 0 Å². The number of benzene rings is 2. The van der Waals surface area contributed by atoms with Crippen LogP contribution in [0.4, 0.5) is 5.69 Å². The van der Waals surface area contributed by atoms with Crippen LogP contribution in [0, 0.1) is 19.8 Å². The van der Waals surface area contributed by atoms with Gasteiger partial charge in [0.05, 0.1) is 11.9 Å². The van der Waals surface area contributed by atoms with Gasteiger partial charge < -0.3 is 10.2 Å². The van der Waals surface area contributed by atoms with Gasteiger partial charge in [-0.3, -0.25) is 13.9 Å². The highest BCUT2D eigenvalue weighted by atomic mass is 32.2. The van der Waals surface area contributed by atoms with Crippen LogP contribution in [0.15, 0.2) is 48.5 Å². The Morgan fingerprint density at radius 1 is 0.971 bits per heavy atom. The van der Waals surface area contributed by atoms with Gasteiger partial charge in [0.2, 0.25) is 21.8 Å². The van der Waals surface area contributed by atoms with Gasteiger partial charge in [-0.2, -0.15) is 0 Å². The molecule has 34 heavy (non-hydrogen) atoms. The van der Waals surface area contributed by atoms with E-state index in [1.165, 1.54) is 4.90 Å². The average Bonchev–Trinajstić information content (AvgIpc) is 2.76. The van der Waals surface area contributed by atoms with Crippen molar-refractivity contribution in [2.75, 3.05) is 23.7 Å². The van der Waals surface area contributed by atoms with Crippen molar-refractivity contribution in [3.05, 3.63) is 65.2 Å². The maximum Gasteiger partial charge on any atom is 0.244 e. The van der Waals surface area contributed by atoms with Crippen molar-refractivity contribution in [1.29, 1.82) is 0 Å². The Morgan fingerprint density at radius 3 is 2.06 bits per heavy atom. The van der Waals surface area contributed by atoms with Crippen molar-refractivity contribution in [1.82, 2.24) is 10.2 Å². The van der Waals surface area contributed by atoms with E-state index in [-0.39, 0.29) is 24.9 Å². The Hall–Kier alpha value is -2.87. The van der Waals surface area contributed by atoms with E-state index in [0.29, 0.717) is 18.7 Å². The molecule has 1 N–H and O–H groups in total. The second kappa shape index (κ2) is 12.0. The Labute approximate surface area is 204 Å². The molecule has 2 aromatic rings. The number of sulfonamides is 1. The van der Waals surface area contributed by atoms with E-state index in [2.05, 4.69) is 5.32 Å². The molecule has 0 heterocycles. The highest BCUT2D eigenvalue weighted by Gasteiger charge is 2.32. The molecular formula is C26H37N3O4S. The van der Waals surface area contributed by atoms with E-state index in [4.69, 9.17) is 0 Å². The Balaban J connectivity index is 2.45. The van der Waals surface area contributed by atoms with Gasteiger partial charge in [0.1, 0.15) is 12.6 Å². The van der Waals surface area contributed by atoms with Crippen LogP contribution >= 0.6 is 0 Å². The number of para-hydroxylation sites is 1. The molecule has 0 radical (unpaired) electrons. The van der Waals surface area contributed by atoms with Crippen LogP contribution in [-0.4, -0.2) is 50.5 Å². The number of nitrogens with zero attached hydrogens (tertiary/aromatic N) is 2. The average molecular weight is 488 g/mol. The number of hydrogen-bond acceptors (Lipinski definition) is 4. The third kappa shape index (κ3) is 7.32. The standard InChI is InChI=1S/C26H37N3O4S/c1-7-23(26(31)27-16-19(2)3)28(17-22-14-9-8-10-15-22)24(30)18-29(34(6,32)33)25-20(4)12-11-13-21(25)5/h8-15,19,23H,7,16-18H2,1-6H3,(H,27,31)/t23-/m1/s1. The minimum atomic E-state index is -3.75. The van der Waals surface area contributed by atoms with E-state index in [0.717, 1.165) is 27.3 Å². The molecule has 2 rings (SSSR count). The zero-order valence-corrected chi connectivity index (χ0v) is 21.9. The van der Waals surface area contributed by atoms with Gasteiger partial charge in [-0.15, -0.1) is 0 Å². The second-order valence-corrected chi connectivity index (χ2v) is 11.0. The molecule has 2 amide bonds. The molecule has 0 saturated heterocycles. The highest BCUT2D eigenvalue weighted by molar-refractivity contribution is 7.92. The van der Waals surface area contributed by atoms with Crippen molar-refractivity contribution in [2.45, 2.75) is 53.6 Å². The number of carbonyl (C=O) groups is 2. The number of anilines is 1. The summed E-state index contributed by atoms with van der Waals surface area (Å²) >= 11 is 0. The number of nitrogens with one attached hydrogen (secondary N) is 1. The Morgan fingerprint density at radius 2 is 1.56 bits per heavy atom. The fraction of sp³-hybridized carbons (Fsp3) is 0.462. The molecule has 0 aliphatic heterocycles. The predicted molar refractivity (Wildman–Crippen MR) is 137 cm³/mol. The minimum Gasteiger partial charge on any atom is -0.354 e. The van der Waals surface area contributed by atoms with Gasteiger partial charge in [0.15, 0.2) is 0 Å². The summed E-state index contributed by atoms with van der Waals surface area (Å²) in [5, 5.41) is 2.92. The third-order valence-corrected chi connectivity index (χ3v) is 6.75. The minimum absolute atomic E-state index is 0.206. The van der Waals surface area contributed by atoms with Crippen LogP contribution in [0.25, 0.3) is 0 Å². The molecule has 186 valence electrons. The molecular weight excluding hydrogens is 450 g/mol. The Bertz CT molecular complexity index is 1060. The van der Waals surface area contributed by atoms with E-state index in [1.54, 1.807) is 0 Å². The lowest BCUT2D eigenvalue weighted by molar-refractivity contribution is -0.140. The molecule has 0 spiro atoms. The highest BCUT2D eigenvalue weighted by Crippen LogP contribution is 2.27. The van der Waals surface area contributed by atoms with Gasteiger partial charge in [-0.05, 0) is 42.9 Å². The van der Waals surface area contributed by atoms with E-state index >= 15 is 0 Å². The summed E-state index contributed by atoms with van der Waals surface area (Å²) in [6.45, 7) is 9.82. The van der Waals surface area contributed by atoms with Crippen LogP contribution in [0.1, 0.15) is 43.9 Å². The maximum absolute atomic E-state index is 13.7. The Kier molecular flexibility index (Phi) is 9.67. The zero-order chi connectivity index (χ0) is 25.5. The molecule has 8 heteroatoms. The van der Waals surface area contributed by atoms with E-state index in [1.807, 2.05) is 83.1 Å². The molecule has 2 aromatic carbocycles. The van der Waals surface area contributed by atoms with Gasteiger partial charge in [-0.1, -0.05) is 69.3 Å². The summed E-state index contributed by atoms with van der Waals surface area (Å²) in [5.74, 6) is -0.397. The summed E-state index contributed by atoms with van der Waals surface area (Å²) in [4.78, 5) is 28.2. The van der Waals surface area contributed by atoms with Gasteiger partial charge in [0.25, 0.3) is 0 Å². The second-order valence-electron chi connectivity index (χ2n) is 9.08. The van der Waals surface area contributed by atoms with Crippen LogP contribution in [0.2, 0.25) is 0 Å². The molecule has 0 aromatic heterocycles. The van der Waals surface area contributed by atoms with Crippen LogP contribution < -0.4 is 9.62 Å². The molecule has 0 saturated carbocycles. The van der Waals surface area contributed by atoms with Crippen molar-refractivity contribution in [2.24, 2.45) is 5.92 Å². The van der Waals surface area contributed by atoms with Crippen LogP contribution in [-0.2, 0) is 26.2 Å². The van der Waals surface area contributed by atoms with Gasteiger partial charge in [-0.25, -0.2) is 8.42 Å². The quantitative estimate of drug-likeness (QED) is 0.524. The number of hydrogen-bond donors (Lipinski definition) is 1. The van der Waals surface area contributed by atoms with Crippen molar-refractivity contribution in [3.63, 3.8) is 0 Å². The lowest BCUT2D eigenvalue weighted by Crippen LogP contribution is -2.52. The molecule has 7 nitrogen and oxygen atoms in total. The summed E-state index contributed by atoms with van der Waals surface area (Å²) in [6, 6.07) is 14.2. The zero-order valence-electron chi connectivity index (χ0n) is 21.0. The first-order valence-corrected chi connectivity index (χ1v) is 13.5. The molecule has 0 unspecified atom stereocenters. The van der Waals surface area contributed by atoms with Crippen molar-refractivity contribution in [3.8, 4) is 0 Å². The summed E-state index contributed by atoms with van der Waals surface area (Å²) in [7, 11) is -3.75. The largest absolute Gasteiger partial charge is 0.354 e. The van der Waals surface area contributed by atoms with E-state index in [9.17, 15) is 18.0 Å². The summed E-state index contributed by atoms with van der Waals surface area (Å²) < 4.78 is 26.7. The first kappa shape index (κ1) is 27.4. The first-order valence-electron chi connectivity index (χ1n) is 11.6. The molecule has 0 bridgehead atoms. The number of carbonyl (C=O) groups excluding carboxylic acids is 2. The van der Waals surface area contributed by atoms with Crippen LogP contribution in [0.5, 0.6) is 0 Å². The monoisotopic (exact) mass is 487 g/mol. The summed E-state index contributed by atoms with van der Waals surface area (Å²) in [5.41, 5.74) is 2.88. The lowest BCUT2D eigenvalue weighted by Gasteiger charge is -2.33. The molecule has 0 aliphatic rings. The first-order chi connectivity index (χ1) is 16.0. The van der Waals surface area contributed by atoms with Crippen molar-refractivity contribution < 1.29 is 18.0 Å². The predicted octanol–water partition coefficient (Wildman–Crippen LogP) is 3.65. The third-order valence-electron chi connectivity index (χ3n) is 5.63. The fourth-order valence-electron chi connectivity index (χ4n) is 3.90. The van der Waals surface area contributed by atoms with Gasteiger partial charge in [0, 0.05) is 13.1 Å². The molecule has 1 atom stereocenters.